The maximum Gasteiger partial charge on any atom is 0.243 e. The number of nitrogens with zero attached hydrogens (tertiary/aromatic N) is 1. The molecule has 0 aromatic heterocycles. The van der Waals surface area contributed by atoms with Gasteiger partial charge in [0.2, 0.25) is 10.0 Å². The molecule has 0 radical (unpaired) electrons. The first-order chi connectivity index (χ1) is 9.25. The molecule has 110 valence electrons. The van der Waals surface area contributed by atoms with Crippen LogP contribution in [0.3, 0.4) is 0 Å². The minimum absolute atomic E-state index is 0.137. The number of sulfonamides is 1. The molecule has 0 aliphatic carbocycles. The summed E-state index contributed by atoms with van der Waals surface area (Å²) in [5.74, 6) is -0.137. The van der Waals surface area contributed by atoms with E-state index in [1.165, 1.54) is 17.3 Å². The molecule has 1 N–H and O–H groups in total. The van der Waals surface area contributed by atoms with Gasteiger partial charge in [0.15, 0.2) is 5.78 Å². The van der Waals surface area contributed by atoms with Crippen molar-refractivity contribution >= 4 is 15.8 Å². The third-order valence-corrected chi connectivity index (χ3v) is 5.66. The predicted molar refractivity (Wildman–Crippen MR) is 77.3 cm³/mol. The van der Waals surface area contributed by atoms with Crippen LogP contribution in [0.1, 0.15) is 31.1 Å². The van der Waals surface area contributed by atoms with E-state index in [1.54, 1.807) is 18.2 Å². The number of nitrogens with one attached hydrogen (secondary N) is 1. The Kier molecular flexibility index (Phi) is 4.00. The molecule has 0 bridgehead atoms. The molecule has 1 heterocycles. The molecule has 0 amide bonds. The van der Waals surface area contributed by atoms with Crippen LogP contribution < -0.4 is 5.32 Å². The van der Waals surface area contributed by atoms with Crippen molar-refractivity contribution in [2.45, 2.75) is 31.2 Å². The van der Waals surface area contributed by atoms with Crippen LogP contribution in [0.25, 0.3) is 0 Å². The normalized spacial score (nSPS) is 19.8. The van der Waals surface area contributed by atoms with Gasteiger partial charge in [-0.25, -0.2) is 8.42 Å². The number of carbonyl (C=O) groups excluding carboxylic acids is 1. The number of ketones is 1. The summed E-state index contributed by atoms with van der Waals surface area (Å²) >= 11 is 0. The van der Waals surface area contributed by atoms with Gasteiger partial charge in [-0.05, 0) is 32.9 Å². The van der Waals surface area contributed by atoms with E-state index in [2.05, 4.69) is 5.32 Å². The fourth-order valence-corrected chi connectivity index (χ4v) is 4.24. The van der Waals surface area contributed by atoms with Gasteiger partial charge in [-0.2, -0.15) is 4.31 Å². The summed E-state index contributed by atoms with van der Waals surface area (Å²) in [6.07, 6.45) is 0. The van der Waals surface area contributed by atoms with Gasteiger partial charge in [-0.3, -0.25) is 4.79 Å². The van der Waals surface area contributed by atoms with Crippen LogP contribution >= 0.6 is 0 Å². The first kappa shape index (κ1) is 15.2. The monoisotopic (exact) mass is 296 g/mol. The Hall–Kier alpha value is -1.24. The third-order valence-electron chi connectivity index (χ3n) is 3.55. The van der Waals surface area contributed by atoms with Crippen molar-refractivity contribution in [3.63, 3.8) is 0 Å². The molecular formula is C14H20N2O3S. The first-order valence-electron chi connectivity index (χ1n) is 6.60. The van der Waals surface area contributed by atoms with Gasteiger partial charge in [0.25, 0.3) is 0 Å². The standard InChI is InChI=1S/C14H20N2O3S/c1-11(17)12-5-4-6-13(9-12)20(18,19)16-8-7-15-10-14(16,2)3/h4-6,9,15H,7-8,10H2,1-3H3. The fraction of sp³-hybridized carbons (Fsp3) is 0.500. The van der Waals surface area contributed by atoms with E-state index in [1.807, 2.05) is 13.8 Å². The van der Waals surface area contributed by atoms with E-state index >= 15 is 0 Å². The van der Waals surface area contributed by atoms with Crippen molar-refractivity contribution < 1.29 is 13.2 Å². The summed E-state index contributed by atoms with van der Waals surface area (Å²) in [4.78, 5) is 11.6. The molecule has 6 heteroatoms. The van der Waals surface area contributed by atoms with Crippen LogP contribution in [-0.2, 0) is 10.0 Å². The summed E-state index contributed by atoms with van der Waals surface area (Å²) in [5, 5.41) is 3.20. The summed E-state index contributed by atoms with van der Waals surface area (Å²) in [6.45, 7) is 6.89. The highest BCUT2D eigenvalue weighted by molar-refractivity contribution is 7.89. The number of carbonyl (C=O) groups is 1. The van der Waals surface area contributed by atoms with Gasteiger partial charge in [0.1, 0.15) is 0 Å². The maximum atomic E-state index is 12.8. The number of Topliss-reactive ketones (excluding diaryl/α,β-unsaturated/α-hetero) is 1. The summed E-state index contributed by atoms with van der Waals surface area (Å²) in [7, 11) is -3.58. The minimum Gasteiger partial charge on any atom is -0.314 e. The van der Waals surface area contributed by atoms with E-state index in [-0.39, 0.29) is 10.7 Å². The van der Waals surface area contributed by atoms with Crippen LogP contribution in [-0.4, -0.2) is 43.7 Å². The molecule has 5 nitrogen and oxygen atoms in total. The molecule has 20 heavy (non-hydrogen) atoms. The van der Waals surface area contributed by atoms with Gasteiger partial charge < -0.3 is 5.32 Å². The summed E-state index contributed by atoms with van der Waals surface area (Å²) in [5.41, 5.74) is -0.0671. The van der Waals surface area contributed by atoms with E-state index in [4.69, 9.17) is 0 Å². The Bertz CT molecular complexity index is 623. The Balaban J connectivity index is 2.44. The van der Waals surface area contributed by atoms with Crippen molar-refractivity contribution in [1.82, 2.24) is 9.62 Å². The molecule has 1 aromatic rings. The Morgan fingerprint density at radius 3 is 2.65 bits per heavy atom. The lowest BCUT2D eigenvalue weighted by Crippen LogP contribution is -2.59. The lowest BCUT2D eigenvalue weighted by Gasteiger charge is -2.41. The molecule has 1 fully saturated rings. The maximum absolute atomic E-state index is 12.8. The second-order valence-corrected chi connectivity index (χ2v) is 7.51. The molecule has 0 spiro atoms. The van der Waals surface area contributed by atoms with Crippen molar-refractivity contribution in [2.24, 2.45) is 0 Å². The zero-order chi connectivity index (χ0) is 15.0. The van der Waals surface area contributed by atoms with Gasteiger partial charge >= 0.3 is 0 Å². The molecule has 0 unspecified atom stereocenters. The van der Waals surface area contributed by atoms with Crippen molar-refractivity contribution in [1.29, 1.82) is 0 Å². The molecule has 1 aliphatic heterocycles. The molecule has 1 saturated heterocycles. The topological polar surface area (TPSA) is 66.5 Å². The van der Waals surface area contributed by atoms with Crippen LogP contribution in [0.2, 0.25) is 0 Å². The average molecular weight is 296 g/mol. The minimum atomic E-state index is -3.58. The molecule has 0 saturated carbocycles. The van der Waals surface area contributed by atoms with Crippen LogP contribution in [0, 0.1) is 0 Å². The predicted octanol–water partition coefficient (Wildman–Crippen LogP) is 1.26. The number of rotatable bonds is 3. The van der Waals surface area contributed by atoms with E-state index in [0.29, 0.717) is 25.2 Å². The highest BCUT2D eigenvalue weighted by Crippen LogP contribution is 2.26. The van der Waals surface area contributed by atoms with Crippen molar-refractivity contribution in [3.8, 4) is 0 Å². The Morgan fingerprint density at radius 2 is 2.05 bits per heavy atom. The second kappa shape index (κ2) is 5.27. The number of piperazine rings is 1. The van der Waals surface area contributed by atoms with Crippen molar-refractivity contribution in [3.05, 3.63) is 29.8 Å². The molecule has 2 rings (SSSR count). The zero-order valence-electron chi connectivity index (χ0n) is 12.0. The van der Waals surface area contributed by atoms with E-state index in [9.17, 15) is 13.2 Å². The number of benzene rings is 1. The lowest BCUT2D eigenvalue weighted by molar-refractivity contribution is 0.101. The quantitative estimate of drug-likeness (QED) is 0.853. The summed E-state index contributed by atoms with van der Waals surface area (Å²) in [6, 6.07) is 6.23. The fourth-order valence-electron chi connectivity index (χ4n) is 2.41. The SMILES string of the molecule is CC(=O)c1cccc(S(=O)(=O)N2CCNCC2(C)C)c1. The molecule has 1 aliphatic rings. The lowest BCUT2D eigenvalue weighted by atomic mass is 10.0. The number of hydrogen-bond donors (Lipinski definition) is 1. The van der Waals surface area contributed by atoms with E-state index in [0.717, 1.165) is 0 Å². The first-order valence-corrected chi connectivity index (χ1v) is 8.04. The Morgan fingerprint density at radius 1 is 1.35 bits per heavy atom. The van der Waals surface area contributed by atoms with Gasteiger partial charge in [0.05, 0.1) is 4.90 Å². The van der Waals surface area contributed by atoms with Crippen LogP contribution in [0.5, 0.6) is 0 Å². The van der Waals surface area contributed by atoms with Gasteiger partial charge in [-0.15, -0.1) is 0 Å². The van der Waals surface area contributed by atoms with Gasteiger partial charge in [-0.1, -0.05) is 12.1 Å². The highest BCUT2D eigenvalue weighted by atomic mass is 32.2. The highest BCUT2D eigenvalue weighted by Gasteiger charge is 2.39. The second-order valence-electron chi connectivity index (χ2n) is 5.65. The largest absolute Gasteiger partial charge is 0.314 e. The molecule has 1 aromatic carbocycles. The van der Waals surface area contributed by atoms with Crippen LogP contribution in [0.15, 0.2) is 29.2 Å². The number of hydrogen-bond acceptors (Lipinski definition) is 4. The third kappa shape index (κ3) is 2.77. The van der Waals surface area contributed by atoms with E-state index < -0.39 is 15.6 Å². The van der Waals surface area contributed by atoms with Gasteiger partial charge in [0, 0.05) is 30.7 Å². The Labute approximate surface area is 120 Å². The average Bonchev–Trinajstić information content (AvgIpc) is 2.38. The summed E-state index contributed by atoms with van der Waals surface area (Å²) < 4.78 is 27.0. The molecule has 0 atom stereocenters. The van der Waals surface area contributed by atoms with Crippen molar-refractivity contribution in [2.75, 3.05) is 19.6 Å². The molecular weight excluding hydrogens is 276 g/mol. The zero-order valence-corrected chi connectivity index (χ0v) is 12.8. The smallest absolute Gasteiger partial charge is 0.243 e. The van der Waals surface area contributed by atoms with Crippen LogP contribution in [0.4, 0.5) is 0 Å².